The third kappa shape index (κ3) is 2.52. The number of anilines is 1. The zero-order valence-corrected chi connectivity index (χ0v) is 9.90. The Labute approximate surface area is 108 Å². The number of carbonyl (C=O) groups excluding carboxylic acids is 2. The van der Waals surface area contributed by atoms with Crippen molar-refractivity contribution in [1.82, 2.24) is 0 Å². The average Bonchev–Trinajstić information content (AvgIpc) is 2.81. The second-order valence-electron chi connectivity index (χ2n) is 3.49. The highest BCUT2D eigenvalue weighted by Crippen LogP contribution is 2.21. The van der Waals surface area contributed by atoms with Crippen molar-refractivity contribution in [3.05, 3.63) is 52.9 Å². The molecule has 0 saturated heterocycles. The summed E-state index contributed by atoms with van der Waals surface area (Å²) < 4.78 is 4.94. The first-order valence-electron chi connectivity index (χ1n) is 5.02. The Hall–Kier alpha value is -2.27. The molecule has 1 aromatic carbocycles. The summed E-state index contributed by atoms with van der Waals surface area (Å²) in [5.74, 6) is -0.836. The quantitative estimate of drug-likeness (QED) is 0.892. The van der Waals surface area contributed by atoms with Crippen molar-refractivity contribution in [2.75, 3.05) is 5.32 Å². The number of amides is 2. The topological polar surface area (TPSA) is 85.3 Å². The van der Waals surface area contributed by atoms with Gasteiger partial charge in [-0.3, -0.25) is 9.59 Å². The molecule has 0 fully saturated rings. The first kappa shape index (κ1) is 12.2. The molecule has 18 heavy (non-hydrogen) atoms. The van der Waals surface area contributed by atoms with E-state index in [1.165, 1.54) is 30.5 Å². The Morgan fingerprint density at radius 2 is 2.06 bits per heavy atom. The lowest BCUT2D eigenvalue weighted by atomic mass is 10.2. The fourth-order valence-electron chi connectivity index (χ4n) is 1.39. The van der Waals surface area contributed by atoms with E-state index in [0.717, 1.165) is 0 Å². The minimum Gasteiger partial charge on any atom is -0.459 e. The van der Waals surface area contributed by atoms with Crippen LogP contribution in [0.5, 0.6) is 0 Å². The van der Waals surface area contributed by atoms with Gasteiger partial charge in [0.25, 0.3) is 5.91 Å². The number of benzene rings is 1. The standard InChI is InChI=1S/C12H9ClN2O3/c13-9-6-7(3-4-8(9)11(14)16)15-12(17)10-2-1-5-18-10/h1-6H,(H2,14,16)(H,15,17). The maximum Gasteiger partial charge on any atom is 0.291 e. The summed E-state index contributed by atoms with van der Waals surface area (Å²) in [6.07, 6.45) is 1.40. The van der Waals surface area contributed by atoms with Crippen molar-refractivity contribution >= 4 is 29.1 Å². The van der Waals surface area contributed by atoms with Gasteiger partial charge in [0.15, 0.2) is 5.76 Å². The van der Waals surface area contributed by atoms with Crippen LogP contribution >= 0.6 is 11.6 Å². The highest BCUT2D eigenvalue weighted by molar-refractivity contribution is 6.34. The second-order valence-corrected chi connectivity index (χ2v) is 3.90. The molecule has 5 nitrogen and oxygen atoms in total. The van der Waals surface area contributed by atoms with Crippen LogP contribution in [0.25, 0.3) is 0 Å². The van der Waals surface area contributed by atoms with Crippen LogP contribution in [0.15, 0.2) is 41.0 Å². The Bertz CT molecular complexity index is 593. The van der Waals surface area contributed by atoms with E-state index in [-0.39, 0.29) is 16.3 Å². The van der Waals surface area contributed by atoms with Gasteiger partial charge in [0.2, 0.25) is 5.91 Å². The second kappa shape index (κ2) is 4.93. The van der Waals surface area contributed by atoms with E-state index < -0.39 is 11.8 Å². The van der Waals surface area contributed by atoms with Crippen molar-refractivity contribution in [2.45, 2.75) is 0 Å². The number of rotatable bonds is 3. The van der Waals surface area contributed by atoms with Crippen molar-refractivity contribution in [3.8, 4) is 0 Å². The van der Waals surface area contributed by atoms with Crippen molar-refractivity contribution in [3.63, 3.8) is 0 Å². The summed E-state index contributed by atoms with van der Waals surface area (Å²) >= 11 is 5.86. The van der Waals surface area contributed by atoms with Crippen LogP contribution in [0.4, 0.5) is 5.69 Å². The monoisotopic (exact) mass is 264 g/mol. The lowest BCUT2D eigenvalue weighted by Gasteiger charge is -2.05. The molecule has 1 heterocycles. The molecule has 2 rings (SSSR count). The minimum absolute atomic E-state index is 0.180. The molecule has 92 valence electrons. The third-order valence-corrected chi connectivity index (χ3v) is 2.55. The SMILES string of the molecule is NC(=O)c1ccc(NC(=O)c2ccco2)cc1Cl. The molecular weight excluding hydrogens is 256 g/mol. The summed E-state index contributed by atoms with van der Waals surface area (Å²) in [4.78, 5) is 22.6. The number of nitrogens with two attached hydrogens (primary N) is 1. The molecule has 1 aromatic heterocycles. The fraction of sp³-hybridized carbons (Fsp3) is 0. The van der Waals surface area contributed by atoms with Crippen LogP contribution in [0.3, 0.4) is 0 Å². The van der Waals surface area contributed by atoms with Gasteiger partial charge in [-0.25, -0.2) is 0 Å². The molecule has 0 bridgehead atoms. The average molecular weight is 265 g/mol. The number of hydrogen-bond donors (Lipinski definition) is 2. The zero-order valence-electron chi connectivity index (χ0n) is 9.14. The van der Waals surface area contributed by atoms with Gasteiger partial charge in [0, 0.05) is 5.69 Å². The summed E-state index contributed by atoms with van der Waals surface area (Å²) in [6.45, 7) is 0. The molecule has 3 N–H and O–H groups in total. The molecule has 0 radical (unpaired) electrons. The first-order valence-corrected chi connectivity index (χ1v) is 5.40. The van der Waals surface area contributed by atoms with Gasteiger partial charge in [-0.15, -0.1) is 0 Å². The molecule has 0 unspecified atom stereocenters. The van der Waals surface area contributed by atoms with Crippen LogP contribution in [-0.2, 0) is 0 Å². The van der Waals surface area contributed by atoms with Crippen LogP contribution < -0.4 is 11.1 Å². The fourth-order valence-corrected chi connectivity index (χ4v) is 1.67. The maximum absolute atomic E-state index is 11.7. The van der Waals surface area contributed by atoms with Gasteiger partial charge in [0.05, 0.1) is 16.8 Å². The van der Waals surface area contributed by atoms with Crippen LogP contribution in [0, 0.1) is 0 Å². The lowest BCUT2D eigenvalue weighted by molar-refractivity contribution is 0.0991. The van der Waals surface area contributed by atoms with E-state index in [1.54, 1.807) is 6.07 Å². The van der Waals surface area contributed by atoms with Crippen molar-refractivity contribution in [2.24, 2.45) is 5.73 Å². The van der Waals surface area contributed by atoms with E-state index in [2.05, 4.69) is 5.32 Å². The number of halogens is 1. The minimum atomic E-state index is -0.621. The molecule has 0 saturated carbocycles. The molecule has 0 aliphatic carbocycles. The number of primary amides is 1. The van der Waals surface area contributed by atoms with Crippen LogP contribution in [0.1, 0.15) is 20.9 Å². The van der Waals surface area contributed by atoms with E-state index in [4.69, 9.17) is 21.8 Å². The Kier molecular flexibility index (Phi) is 3.34. The van der Waals surface area contributed by atoms with E-state index in [1.807, 2.05) is 0 Å². The Balaban J connectivity index is 2.18. The smallest absolute Gasteiger partial charge is 0.291 e. The number of hydrogen-bond acceptors (Lipinski definition) is 3. The lowest BCUT2D eigenvalue weighted by Crippen LogP contribution is -2.13. The highest BCUT2D eigenvalue weighted by atomic mass is 35.5. The van der Waals surface area contributed by atoms with Gasteiger partial charge >= 0.3 is 0 Å². The molecule has 0 aliphatic rings. The predicted octanol–water partition coefficient (Wildman–Crippen LogP) is 2.28. The highest BCUT2D eigenvalue weighted by Gasteiger charge is 2.11. The third-order valence-electron chi connectivity index (χ3n) is 2.24. The zero-order chi connectivity index (χ0) is 13.1. The maximum atomic E-state index is 11.7. The van der Waals surface area contributed by atoms with Gasteiger partial charge in [-0.05, 0) is 30.3 Å². The molecule has 6 heteroatoms. The van der Waals surface area contributed by atoms with Gasteiger partial charge in [-0.2, -0.15) is 0 Å². The van der Waals surface area contributed by atoms with Crippen molar-refractivity contribution in [1.29, 1.82) is 0 Å². The normalized spacial score (nSPS) is 10.1. The Morgan fingerprint density at radius 1 is 1.28 bits per heavy atom. The number of furan rings is 1. The van der Waals surface area contributed by atoms with Gasteiger partial charge in [0.1, 0.15) is 0 Å². The largest absolute Gasteiger partial charge is 0.459 e. The molecular formula is C12H9ClN2O3. The summed E-state index contributed by atoms with van der Waals surface area (Å²) in [5.41, 5.74) is 5.77. The first-order chi connectivity index (χ1) is 8.58. The van der Waals surface area contributed by atoms with Crippen molar-refractivity contribution < 1.29 is 14.0 Å². The predicted molar refractivity (Wildman–Crippen MR) is 66.6 cm³/mol. The van der Waals surface area contributed by atoms with Crippen LogP contribution in [-0.4, -0.2) is 11.8 Å². The van der Waals surface area contributed by atoms with E-state index >= 15 is 0 Å². The van der Waals surface area contributed by atoms with Crippen LogP contribution in [0.2, 0.25) is 5.02 Å². The summed E-state index contributed by atoms with van der Waals surface area (Å²) in [7, 11) is 0. The Morgan fingerprint density at radius 3 is 2.61 bits per heavy atom. The molecule has 0 atom stereocenters. The van der Waals surface area contributed by atoms with E-state index in [0.29, 0.717) is 5.69 Å². The number of carbonyl (C=O) groups is 2. The molecule has 2 amide bonds. The molecule has 0 spiro atoms. The van der Waals surface area contributed by atoms with E-state index in [9.17, 15) is 9.59 Å². The molecule has 2 aromatic rings. The summed E-state index contributed by atoms with van der Waals surface area (Å²) in [5, 5.41) is 2.76. The van der Waals surface area contributed by atoms with Gasteiger partial charge < -0.3 is 15.5 Å². The summed E-state index contributed by atoms with van der Waals surface area (Å²) in [6, 6.07) is 7.57. The number of nitrogens with one attached hydrogen (secondary N) is 1. The van der Waals surface area contributed by atoms with Gasteiger partial charge in [-0.1, -0.05) is 11.6 Å². The molecule has 0 aliphatic heterocycles.